The highest BCUT2D eigenvalue weighted by Gasteiger charge is 2.21. The van der Waals surface area contributed by atoms with E-state index in [1.807, 2.05) is 92.3 Å². The van der Waals surface area contributed by atoms with Gasteiger partial charge in [0.2, 0.25) is 5.36 Å². The second-order valence-corrected chi connectivity index (χ2v) is 7.34. The summed E-state index contributed by atoms with van der Waals surface area (Å²) >= 11 is 0. The van der Waals surface area contributed by atoms with Gasteiger partial charge in [-0.2, -0.15) is 0 Å². The van der Waals surface area contributed by atoms with Crippen LogP contribution in [0.15, 0.2) is 71.1 Å². The van der Waals surface area contributed by atoms with Crippen LogP contribution in [0, 0.1) is 0 Å². The van der Waals surface area contributed by atoms with E-state index in [1.165, 1.54) is 0 Å². The molecule has 0 N–H and O–H groups in total. The number of benzene rings is 3. The maximum Gasteiger partial charge on any atom is 0.343 e. The van der Waals surface area contributed by atoms with Gasteiger partial charge in [0.05, 0.1) is 22.6 Å². The summed E-state index contributed by atoms with van der Waals surface area (Å²) in [5.41, 5.74) is 2.93. The third-order valence-electron chi connectivity index (χ3n) is 4.88. The first-order valence-corrected chi connectivity index (χ1v) is 9.39. The fraction of sp³-hybridized carbons (Fsp3) is 0.167. The van der Waals surface area contributed by atoms with Crippen molar-refractivity contribution < 1.29 is 13.9 Å². The minimum atomic E-state index is -0.396. The first-order valence-electron chi connectivity index (χ1n) is 9.39. The van der Waals surface area contributed by atoms with Crippen molar-refractivity contribution in [3.05, 3.63) is 77.7 Å². The molecule has 0 aromatic heterocycles. The summed E-state index contributed by atoms with van der Waals surface area (Å²) < 4.78 is 14.1. The first kappa shape index (κ1) is 18.7. The van der Waals surface area contributed by atoms with E-state index >= 15 is 0 Å². The van der Waals surface area contributed by atoms with Gasteiger partial charge in [0.1, 0.15) is 25.4 Å². The molecule has 1 heterocycles. The van der Waals surface area contributed by atoms with Gasteiger partial charge in [-0.25, -0.2) is 9.37 Å². The average Bonchev–Trinajstić information content (AvgIpc) is 2.73. The van der Waals surface area contributed by atoms with Crippen LogP contribution in [0.4, 0.5) is 5.69 Å². The SMILES string of the molecule is CN(C)c1ccc2c(OC(=O)c3ccccc3)c3ccc(=[N+](C)C)cc-3oc2c1. The van der Waals surface area contributed by atoms with E-state index in [2.05, 4.69) is 0 Å². The number of carbonyl (C=O) groups is 1. The van der Waals surface area contributed by atoms with Crippen LogP contribution in [0.1, 0.15) is 10.4 Å². The highest BCUT2D eigenvalue weighted by Crippen LogP contribution is 2.40. The van der Waals surface area contributed by atoms with Gasteiger partial charge in [0, 0.05) is 31.9 Å². The van der Waals surface area contributed by atoms with E-state index in [4.69, 9.17) is 9.15 Å². The molecule has 5 heteroatoms. The number of nitrogens with zero attached hydrogens (tertiary/aromatic N) is 2. The van der Waals surface area contributed by atoms with E-state index in [9.17, 15) is 4.79 Å². The number of carbonyl (C=O) groups excluding carboxylic acids is 1. The zero-order valence-corrected chi connectivity index (χ0v) is 17.0. The fourth-order valence-electron chi connectivity index (χ4n) is 3.22. The Balaban J connectivity index is 1.96. The normalized spacial score (nSPS) is 10.9. The Kier molecular flexibility index (Phi) is 4.80. The molecule has 5 nitrogen and oxygen atoms in total. The smallest absolute Gasteiger partial charge is 0.343 e. The van der Waals surface area contributed by atoms with Gasteiger partial charge in [-0.05, 0) is 30.3 Å². The molecule has 2 aromatic rings. The van der Waals surface area contributed by atoms with Crippen molar-refractivity contribution in [3.8, 4) is 17.1 Å². The molecule has 0 radical (unpaired) electrons. The number of fused-ring (bicyclic) bond motifs is 2. The minimum absolute atomic E-state index is 0.396. The summed E-state index contributed by atoms with van der Waals surface area (Å²) in [5, 5.41) is 1.76. The third kappa shape index (κ3) is 3.59. The lowest BCUT2D eigenvalue weighted by molar-refractivity contribution is 0.0737. The van der Waals surface area contributed by atoms with Gasteiger partial charge < -0.3 is 14.1 Å². The minimum Gasteiger partial charge on any atom is -0.455 e. The summed E-state index contributed by atoms with van der Waals surface area (Å²) in [6.45, 7) is 0. The fourth-order valence-corrected chi connectivity index (χ4v) is 3.22. The van der Waals surface area contributed by atoms with Crippen LogP contribution in [-0.2, 0) is 0 Å². The first-order chi connectivity index (χ1) is 13.9. The van der Waals surface area contributed by atoms with Crippen LogP contribution in [0.2, 0.25) is 0 Å². The molecule has 2 aromatic carbocycles. The van der Waals surface area contributed by atoms with Crippen LogP contribution in [-0.4, -0.2) is 34.2 Å². The number of hydrogen-bond donors (Lipinski definition) is 0. The largest absolute Gasteiger partial charge is 0.455 e. The van der Waals surface area contributed by atoms with E-state index in [0.717, 1.165) is 22.0 Å². The summed E-state index contributed by atoms with van der Waals surface area (Å²) in [6, 6.07) is 20.7. The summed E-state index contributed by atoms with van der Waals surface area (Å²) in [5.74, 6) is 0.772. The molecule has 0 unspecified atom stereocenters. The zero-order valence-electron chi connectivity index (χ0n) is 17.0. The molecule has 0 bridgehead atoms. The van der Waals surface area contributed by atoms with Crippen LogP contribution in [0.3, 0.4) is 0 Å². The lowest BCUT2D eigenvalue weighted by Crippen LogP contribution is -2.21. The van der Waals surface area contributed by atoms with Crippen molar-refractivity contribution in [1.82, 2.24) is 4.58 Å². The van der Waals surface area contributed by atoms with Crippen LogP contribution in [0.25, 0.3) is 22.3 Å². The molecule has 0 saturated heterocycles. The quantitative estimate of drug-likeness (QED) is 0.304. The molecule has 1 aliphatic carbocycles. The molecule has 0 spiro atoms. The predicted octanol–water partition coefficient (Wildman–Crippen LogP) is 3.85. The maximum atomic E-state index is 12.8. The van der Waals surface area contributed by atoms with Crippen LogP contribution < -0.4 is 19.6 Å². The second kappa shape index (κ2) is 7.43. The molecule has 0 amide bonds. The predicted molar refractivity (Wildman–Crippen MR) is 116 cm³/mol. The molecule has 1 aliphatic heterocycles. The Hall–Kier alpha value is -3.60. The van der Waals surface area contributed by atoms with E-state index in [-0.39, 0.29) is 0 Å². The number of hydrogen-bond acceptors (Lipinski definition) is 4. The topological polar surface area (TPSA) is 45.7 Å². The van der Waals surface area contributed by atoms with Gasteiger partial charge in [0.25, 0.3) is 0 Å². The van der Waals surface area contributed by atoms with Crippen molar-refractivity contribution in [1.29, 1.82) is 0 Å². The van der Waals surface area contributed by atoms with Gasteiger partial charge in [0.15, 0.2) is 5.75 Å². The van der Waals surface area contributed by atoms with Gasteiger partial charge in [-0.15, -0.1) is 0 Å². The molecule has 0 saturated carbocycles. The second-order valence-electron chi connectivity index (χ2n) is 7.34. The molecular formula is C24H23N2O3+. The lowest BCUT2D eigenvalue weighted by Gasteiger charge is -2.17. The van der Waals surface area contributed by atoms with Gasteiger partial charge in [-0.1, -0.05) is 18.2 Å². The number of ether oxygens (including phenoxy) is 1. The number of esters is 1. The molecule has 2 aliphatic rings. The summed E-state index contributed by atoms with van der Waals surface area (Å²) in [6.07, 6.45) is 0. The molecule has 0 atom stereocenters. The van der Waals surface area contributed by atoms with Crippen molar-refractivity contribution in [2.24, 2.45) is 0 Å². The summed E-state index contributed by atoms with van der Waals surface area (Å²) in [4.78, 5) is 14.8. The van der Waals surface area contributed by atoms with E-state index in [1.54, 1.807) is 12.1 Å². The van der Waals surface area contributed by atoms with Crippen LogP contribution in [0.5, 0.6) is 5.75 Å². The highest BCUT2D eigenvalue weighted by atomic mass is 16.5. The van der Waals surface area contributed by atoms with Crippen molar-refractivity contribution in [2.45, 2.75) is 0 Å². The van der Waals surface area contributed by atoms with E-state index < -0.39 is 5.97 Å². The number of anilines is 1. The zero-order chi connectivity index (χ0) is 20.5. The molecule has 29 heavy (non-hydrogen) atoms. The van der Waals surface area contributed by atoms with Crippen molar-refractivity contribution in [3.63, 3.8) is 0 Å². The number of rotatable bonds is 3. The van der Waals surface area contributed by atoms with E-state index in [0.29, 0.717) is 22.7 Å². The molecule has 4 rings (SSSR count). The average molecular weight is 387 g/mol. The van der Waals surface area contributed by atoms with Crippen molar-refractivity contribution in [2.75, 3.05) is 33.1 Å². The maximum absolute atomic E-state index is 12.8. The Morgan fingerprint density at radius 3 is 2.41 bits per heavy atom. The standard InChI is InChI=1S/C24H23N2O3/c1-25(2)17-10-12-19-21(14-17)28-22-15-18(26(3)4)11-13-20(22)23(19)29-24(27)16-8-6-5-7-9-16/h5-15H,1-4H3/q+1. The van der Waals surface area contributed by atoms with Crippen molar-refractivity contribution >= 4 is 22.6 Å². The Morgan fingerprint density at radius 1 is 0.966 bits per heavy atom. The monoisotopic (exact) mass is 387 g/mol. The lowest BCUT2D eigenvalue weighted by atomic mass is 10.1. The molecule has 0 fully saturated rings. The Labute approximate surface area is 169 Å². The highest BCUT2D eigenvalue weighted by molar-refractivity contribution is 5.98. The van der Waals surface area contributed by atoms with Gasteiger partial charge >= 0.3 is 5.97 Å². The summed E-state index contributed by atoms with van der Waals surface area (Å²) in [7, 11) is 7.90. The third-order valence-corrected chi connectivity index (χ3v) is 4.88. The molecule has 146 valence electrons. The Bertz CT molecular complexity index is 1240. The van der Waals surface area contributed by atoms with Crippen LogP contribution >= 0.6 is 0 Å². The van der Waals surface area contributed by atoms with Gasteiger partial charge in [-0.3, -0.25) is 0 Å². The molecular weight excluding hydrogens is 364 g/mol. The Morgan fingerprint density at radius 2 is 1.72 bits per heavy atom.